The maximum atomic E-state index is 12.8. The Morgan fingerprint density at radius 1 is 1.04 bits per heavy atom. The van der Waals surface area contributed by atoms with Crippen LogP contribution in [0.15, 0.2) is 47.8 Å². The largest absolute Gasteiger partial charge is 0.279 e. The van der Waals surface area contributed by atoms with Gasteiger partial charge in [-0.25, -0.2) is 9.67 Å². The van der Waals surface area contributed by atoms with E-state index in [1.165, 1.54) is 16.9 Å². The van der Waals surface area contributed by atoms with E-state index in [0.717, 1.165) is 16.7 Å². The molecule has 0 bridgehead atoms. The van der Waals surface area contributed by atoms with E-state index in [1.807, 2.05) is 26.8 Å². The van der Waals surface area contributed by atoms with Gasteiger partial charge in [0.05, 0.1) is 11.2 Å². The molecule has 6 nitrogen and oxygen atoms in total. The van der Waals surface area contributed by atoms with E-state index in [4.69, 9.17) is 11.6 Å². The first-order chi connectivity index (χ1) is 11.8. The number of sulfonamides is 1. The van der Waals surface area contributed by atoms with E-state index < -0.39 is 10.0 Å². The summed E-state index contributed by atoms with van der Waals surface area (Å²) in [5, 5.41) is 4.36. The van der Waals surface area contributed by atoms with E-state index in [1.54, 1.807) is 24.4 Å². The van der Waals surface area contributed by atoms with Crippen molar-refractivity contribution in [2.75, 3.05) is 4.72 Å². The molecule has 0 saturated carbocycles. The van der Waals surface area contributed by atoms with Gasteiger partial charge in [0, 0.05) is 11.9 Å². The number of aromatic nitrogens is 3. The van der Waals surface area contributed by atoms with Gasteiger partial charge in [0.1, 0.15) is 0 Å². The third-order valence-corrected chi connectivity index (χ3v) is 5.16. The van der Waals surface area contributed by atoms with E-state index in [0.29, 0.717) is 10.7 Å². The maximum Gasteiger partial charge on any atom is 0.279 e. The lowest BCUT2D eigenvalue weighted by molar-refractivity contribution is 0.590. The Kier molecular flexibility index (Phi) is 4.53. The number of anilines is 1. The normalized spacial score (nSPS) is 11.5. The van der Waals surface area contributed by atoms with Crippen molar-refractivity contribution < 1.29 is 8.42 Å². The van der Waals surface area contributed by atoms with Gasteiger partial charge in [0.25, 0.3) is 10.0 Å². The maximum absolute atomic E-state index is 12.8. The molecule has 2 aromatic heterocycles. The van der Waals surface area contributed by atoms with Crippen molar-refractivity contribution >= 4 is 27.3 Å². The van der Waals surface area contributed by atoms with Gasteiger partial charge in [-0.15, -0.1) is 0 Å². The van der Waals surface area contributed by atoms with E-state index in [2.05, 4.69) is 14.8 Å². The van der Waals surface area contributed by atoms with Crippen molar-refractivity contribution in [1.82, 2.24) is 14.8 Å². The van der Waals surface area contributed by atoms with Gasteiger partial charge in [-0.05, 0) is 61.7 Å². The molecular formula is C17H17ClN4O2S. The van der Waals surface area contributed by atoms with Gasteiger partial charge in [-0.1, -0.05) is 17.7 Å². The number of hydrogen-bond donors (Lipinski definition) is 1. The summed E-state index contributed by atoms with van der Waals surface area (Å²) in [5.41, 5.74) is 3.30. The predicted molar refractivity (Wildman–Crippen MR) is 97.8 cm³/mol. The van der Waals surface area contributed by atoms with E-state index in [-0.39, 0.29) is 10.8 Å². The zero-order valence-electron chi connectivity index (χ0n) is 14.0. The van der Waals surface area contributed by atoms with Crippen molar-refractivity contribution in [3.63, 3.8) is 0 Å². The summed E-state index contributed by atoms with van der Waals surface area (Å²) >= 11 is 6.21. The predicted octanol–water partition coefficient (Wildman–Crippen LogP) is 3.65. The minimum absolute atomic E-state index is 0.0371. The number of nitrogens with one attached hydrogen (secondary N) is 1. The molecule has 3 rings (SSSR count). The summed E-state index contributed by atoms with van der Waals surface area (Å²) in [5.74, 6) is 0.262. The fourth-order valence-electron chi connectivity index (χ4n) is 2.58. The van der Waals surface area contributed by atoms with Gasteiger partial charge >= 0.3 is 0 Å². The number of pyridine rings is 1. The summed E-state index contributed by atoms with van der Waals surface area (Å²) < 4.78 is 29.4. The number of rotatable bonds is 4. The highest BCUT2D eigenvalue weighted by molar-refractivity contribution is 7.92. The lowest BCUT2D eigenvalue weighted by Crippen LogP contribution is -2.18. The van der Waals surface area contributed by atoms with Gasteiger partial charge < -0.3 is 0 Å². The summed E-state index contributed by atoms with van der Waals surface area (Å²) in [7, 11) is -3.86. The molecule has 0 saturated heterocycles. The van der Waals surface area contributed by atoms with E-state index >= 15 is 0 Å². The average Bonchev–Trinajstić information content (AvgIpc) is 2.95. The summed E-state index contributed by atoms with van der Waals surface area (Å²) in [6.07, 6.45) is 3.00. The third-order valence-electron chi connectivity index (χ3n) is 3.52. The molecule has 8 heteroatoms. The minimum atomic E-state index is -3.86. The molecule has 0 aliphatic heterocycles. The van der Waals surface area contributed by atoms with Crippen molar-refractivity contribution in [1.29, 1.82) is 0 Å². The van der Waals surface area contributed by atoms with Crippen LogP contribution in [0.5, 0.6) is 0 Å². The first-order valence-electron chi connectivity index (χ1n) is 7.54. The molecule has 3 aromatic rings. The van der Waals surface area contributed by atoms with Gasteiger partial charge in [0.15, 0.2) is 10.8 Å². The Hall–Kier alpha value is -2.38. The summed E-state index contributed by atoms with van der Waals surface area (Å²) in [4.78, 5) is 4.21. The zero-order chi connectivity index (χ0) is 18.2. The summed E-state index contributed by atoms with van der Waals surface area (Å²) in [6, 6.07) is 8.62. The number of aryl methyl sites for hydroxylation is 3. The minimum Gasteiger partial charge on any atom is -0.278 e. The second-order valence-corrected chi connectivity index (χ2v) is 7.92. The Bertz CT molecular complexity index is 1020. The molecular weight excluding hydrogens is 360 g/mol. The van der Waals surface area contributed by atoms with Crippen LogP contribution in [0, 0.1) is 20.8 Å². The Morgan fingerprint density at radius 3 is 2.36 bits per heavy atom. The first kappa shape index (κ1) is 17.4. The number of hydrogen-bond acceptors (Lipinski definition) is 4. The van der Waals surface area contributed by atoms with Crippen LogP contribution in [-0.4, -0.2) is 23.2 Å². The van der Waals surface area contributed by atoms with Crippen LogP contribution in [0.25, 0.3) is 5.82 Å². The molecule has 0 radical (unpaired) electrons. The monoisotopic (exact) mass is 376 g/mol. The molecule has 0 fully saturated rings. The van der Waals surface area contributed by atoms with Gasteiger partial charge in [-0.2, -0.15) is 13.5 Å². The molecule has 0 spiro atoms. The molecule has 0 amide bonds. The van der Waals surface area contributed by atoms with Crippen molar-refractivity contribution in [3.05, 3.63) is 64.4 Å². The molecule has 130 valence electrons. The van der Waals surface area contributed by atoms with Crippen LogP contribution in [0.1, 0.15) is 16.7 Å². The highest BCUT2D eigenvalue weighted by Crippen LogP contribution is 2.24. The van der Waals surface area contributed by atoms with Crippen LogP contribution >= 0.6 is 11.6 Å². The standard InChI is InChI=1S/C17H17ClN4O2S/c1-11-6-12(2)8-14(7-11)21-25(23,24)16-4-5-20-22(16)17-15(18)9-13(3)10-19-17/h4-10,21H,1-3H3. The molecule has 1 N–H and O–H groups in total. The number of nitrogens with zero attached hydrogens (tertiary/aromatic N) is 3. The van der Waals surface area contributed by atoms with Crippen LogP contribution < -0.4 is 4.72 Å². The number of benzene rings is 1. The van der Waals surface area contributed by atoms with Gasteiger partial charge in [-0.3, -0.25) is 4.72 Å². The molecule has 1 aromatic carbocycles. The smallest absolute Gasteiger partial charge is 0.278 e. The molecule has 25 heavy (non-hydrogen) atoms. The number of halogens is 1. The Morgan fingerprint density at radius 2 is 1.72 bits per heavy atom. The van der Waals surface area contributed by atoms with Crippen molar-refractivity contribution in [2.45, 2.75) is 25.8 Å². The fraction of sp³-hybridized carbons (Fsp3) is 0.176. The second kappa shape index (κ2) is 6.50. The SMILES string of the molecule is Cc1cc(C)cc(NS(=O)(=O)c2ccnn2-c2ncc(C)cc2Cl)c1. The lowest BCUT2D eigenvalue weighted by atomic mass is 10.1. The lowest BCUT2D eigenvalue weighted by Gasteiger charge is -2.12. The van der Waals surface area contributed by atoms with Crippen LogP contribution in [0.4, 0.5) is 5.69 Å². The van der Waals surface area contributed by atoms with Crippen molar-refractivity contribution in [3.8, 4) is 5.82 Å². The topological polar surface area (TPSA) is 76.9 Å². The van der Waals surface area contributed by atoms with Crippen molar-refractivity contribution in [2.24, 2.45) is 0 Å². The highest BCUT2D eigenvalue weighted by atomic mass is 35.5. The Balaban J connectivity index is 2.03. The van der Waals surface area contributed by atoms with Crippen LogP contribution in [-0.2, 0) is 10.0 Å². The van der Waals surface area contributed by atoms with E-state index in [9.17, 15) is 8.42 Å². The second-order valence-electron chi connectivity index (χ2n) is 5.88. The molecule has 0 atom stereocenters. The quantitative estimate of drug-likeness (QED) is 0.754. The van der Waals surface area contributed by atoms with Crippen LogP contribution in [0.3, 0.4) is 0 Å². The summed E-state index contributed by atoms with van der Waals surface area (Å²) in [6.45, 7) is 5.67. The molecule has 0 aliphatic rings. The average molecular weight is 377 g/mol. The molecule has 2 heterocycles. The zero-order valence-corrected chi connectivity index (χ0v) is 15.6. The van der Waals surface area contributed by atoms with Gasteiger partial charge in [0.2, 0.25) is 0 Å². The fourth-order valence-corrected chi connectivity index (χ4v) is 4.01. The molecule has 0 unspecified atom stereocenters. The van der Waals surface area contributed by atoms with Crippen LogP contribution in [0.2, 0.25) is 5.02 Å². The molecule has 0 aliphatic carbocycles. The first-order valence-corrected chi connectivity index (χ1v) is 9.40. The third kappa shape index (κ3) is 3.67. The highest BCUT2D eigenvalue weighted by Gasteiger charge is 2.22. The Labute approximate surface area is 151 Å².